The summed E-state index contributed by atoms with van der Waals surface area (Å²) in [5, 5.41) is 7.39. The number of aromatic nitrogens is 1. The Morgan fingerprint density at radius 1 is 1.03 bits per heavy atom. The van der Waals surface area contributed by atoms with Crippen molar-refractivity contribution in [2.24, 2.45) is 0 Å². The van der Waals surface area contributed by atoms with Crippen LogP contribution in [0.4, 0.5) is 14.5 Å². The second-order valence-corrected chi connectivity index (χ2v) is 8.59. The number of fused-ring (bicyclic) bond motifs is 2. The summed E-state index contributed by atoms with van der Waals surface area (Å²) in [5.41, 5.74) is 1.40. The summed E-state index contributed by atoms with van der Waals surface area (Å²) < 4.78 is 34.9. The van der Waals surface area contributed by atoms with E-state index in [1.165, 1.54) is 11.4 Å². The van der Waals surface area contributed by atoms with Crippen molar-refractivity contribution in [3.8, 4) is 11.5 Å². The van der Waals surface area contributed by atoms with Crippen LogP contribution >= 0.6 is 11.6 Å². The normalized spacial score (nSPS) is 14.2. The number of nitrogens with zero attached hydrogens (tertiary/aromatic N) is 3. The molecule has 9 heteroatoms. The van der Waals surface area contributed by atoms with Crippen LogP contribution in [0.5, 0.6) is 11.5 Å². The molecule has 4 aromatic rings. The fourth-order valence-electron chi connectivity index (χ4n) is 4.54. The fourth-order valence-corrected chi connectivity index (χ4v) is 4.71. The van der Waals surface area contributed by atoms with Gasteiger partial charge in [-0.2, -0.15) is 0 Å². The number of alkyl halides is 2. The van der Waals surface area contributed by atoms with Gasteiger partial charge in [0.25, 0.3) is 6.43 Å². The molecule has 0 saturated carbocycles. The van der Waals surface area contributed by atoms with Gasteiger partial charge in [0.05, 0.1) is 25.4 Å². The number of hydrogen-bond donors (Lipinski definition) is 1. The van der Waals surface area contributed by atoms with E-state index in [9.17, 15) is 8.78 Å². The summed E-state index contributed by atoms with van der Waals surface area (Å²) in [4.78, 5) is 8.56. The van der Waals surface area contributed by atoms with Crippen molar-refractivity contribution in [2.75, 3.05) is 50.4 Å². The molecule has 5 rings (SSSR count). The van der Waals surface area contributed by atoms with Gasteiger partial charge in [-0.25, -0.2) is 13.5 Å². The van der Waals surface area contributed by atoms with Gasteiger partial charge in [-0.1, -0.05) is 35.9 Å². The van der Waals surface area contributed by atoms with Crippen molar-refractivity contribution in [3.63, 3.8) is 0 Å². The highest BCUT2D eigenvalue weighted by Crippen LogP contribution is 2.42. The maximum absolute atomic E-state index is 13.7. The Kier molecular flexibility index (Phi) is 6.10. The second-order valence-electron chi connectivity index (χ2n) is 8.16. The lowest BCUT2D eigenvalue weighted by Gasteiger charge is -2.32. The third kappa shape index (κ3) is 3.97. The van der Waals surface area contributed by atoms with Crippen molar-refractivity contribution < 1.29 is 18.4 Å². The molecule has 0 aliphatic carbocycles. The molecule has 0 unspecified atom stereocenters. The van der Waals surface area contributed by atoms with Crippen molar-refractivity contribution in [2.45, 2.75) is 6.43 Å². The minimum absolute atomic E-state index is 0.103. The molecular weight excluding hydrogens is 462 g/mol. The summed E-state index contributed by atoms with van der Waals surface area (Å²) in [6.45, 7) is 3.43. The number of piperazine rings is 1. The zero-order valence-corrected chi connectivity index (χ0v) is 19.6. The van der Waals surface area contributed by atoms with Crippen LogP contribution in [0, 0.1) is 0 Å². The molecule has 178 valence electrons. The number of methoxy groups -OCH3 is 1. The molecule has 1 N–H and O–H groups in total. The summed E-state index contributed by atoms with van der Waals surface area (Å²) in [7, 11) is 3.36. The first-order valence-corrected chi connectivity index (χ1v) is 11.4. The molecule has 1 aromatic heterocycles. The van der Waals surface area contributed by atoms with E-state index in [0.717, 1.165) is 48.4 Å². The Hall–Kier alpha value is -3.23. The summed E-state index contributed by atoms with van der Waals surface area (Å²) in [6.07, 6.45) is -1.26. The smallest absolute Gasteiger partial charge is 0.265 e. The molecule has 6 nitrogen and oxygen atoms in total. The Morgan fingerprint density at radius 3 is 2.47 bits per heavy atom. The van der Waals surface area contributed by atoms with Crippen LogP contribution in [0.15, 0.2) is 54.7 Å². The molecule has 0 atom stereocenters. The monoisotopic (exact) mass is 486 g/mol. The molecule has 0 bridgehead atoms. The highest BCUT2D eigenvalue weighted by Gasteiger charge is 2.23. The molecule has 0 radical (unpaired) electrons. The van der Waals surface area contributed by atoms with Gasteiger partial charge in [-0.15, -0.1) is 5.17 Å². The van der Waals surface area contributed by atoms with Crippen LogP contribution < -0.4 is 25.0 Å². The summed E-state index contributed by atoms with van der Waals surface area (Å²) in [6, 6.07) is 14.7. The fraction of sp³-hybridized carbons (Fsp3) is 0.280. The average Bonchev–Trinajstić information content (AvgIpc) is 3.23. The molecule has 0 spiro atoms. The van der Waals surface area contributed by atoms with Gasteiger partial charge in [-0.3, -0.25) is 0 Å². The Bertz CT molecular complexity index is 1340. The van der Waals surface area contributed by atoms with Crippen molar-refractivity contribution >= 4 is 39.0 Å². The standard InChI is InChI=1S/C25H25ClF2N4O2/c1-30(32-15-20(25(27)28)19-13-16(26)7-8-21(19)32)34-23-14-22(31-11-9-29-10-12-31)24(33-2)18-6-4-3-5-17(18)23/h3-8,13-15,25,29H,9-12H2,1-2H3. The lowest BCUT2D eigenvalue weighted by Crippen LogP contribution is -2.43. The van der Waals surface area contributed by atoms with E-state index in [4.69, 9.17) is 21.2 Å². The third-order valence-electron chi connectivity index (χ3n) is 6.15. The number of rotatable bonds is 6. The second kappa shape index (κ2) is 9.19. The van der Waals surface area contributed by atoms with Gasteiger partial charge in [0.1, 0.15) is 5.75 Å². The molecular formula is C25H25ClF2N4O2. The number of hydrogen-bond acceptors (Lipinski definition) is 5. The lowest BCUT2D eigenvalue weighted by atomic mass is 10.1. The number of benzene rings is 3. The van der Waals surface area contributed by atoms with Gasteiger partial charge >= 0.3 is 0 Å². The lowest BCUT2D eigenvalue weighted by molar-refractivity contribution is 0.152. The molecule has 3 aromatic carbocycles. The zero-order valence-electron chi connectivity index (χ0n) is 18.9. The van der Waals surface area contributed by atoms with Gasteiger partial charge in [-0.05, 0) is 18.2 Å². The van der Waals surface area contributed by atoms with Crippen molar-refractivity contribution in [1.82, 2.24) is 9.99 Å². The number of nitrogens with one attached hydrogen (secondary N) is 1. The molecule has 1 fully saturated rings. The predicted molar refractivity (Wildman–Crippen MR) is 132 cm³/mol. The van der Waals surface area contributed by atoms with Crippen LogP contribution in [-0.2, 0) is 0 Å². The molecule has 0 amide bonds. The van der Waals surface area contributed by atoms with E-state index in [1.54, 1.807) is 37.0 Å². The minimum Gasteiger partial charge on any atom is -0.494 e. The van der Waals surface area contributed by atoms with E-state index >= 15 is 0 Å². The van der Waals surface area contributed by atoms with Crippen molar-refractivity contribution in [1.29, 1.82) is 0 Å². The Labute approximate surface area is 201 Å². The molecule has 2 heterocycles. The molecule has 1 saturated heterocycles. The van der Waals surface area contributed by atoms with Crippen molar-refractivity contribution in [3.05, 3.63) is 65.3 Å². The van der Waals surface area contributed by atoms with E-state index in [1.807, 2.05) is 30.3 Å². The number of anilines is 1. The van der Waals surface area contributed by atoms with Crippen LogP contribution in [0.3, 0.4) is 0 Å². The molecule has 34 heavy (non-hydrogen) atoms. The first kappa shape index (κ1) is 22.6. The Morgan fingerprint density at radius 2 is 1.76 bits per heavy atom. The topological polar surface area (TPSA) is 41.9 Å². The Balaban J connectivity index is 1.60. The van der Waals surface area contributed by atoms with E-state index < -0.39 is 6.43 Å². The summed E-state index contributed by atoms with van der Waals surface area (Å²) in [5.74, 6) is 1.38. The van der Waals surface area contributed by atoms with Crippen LogP contribution in [0.25, 0.3) is 21.7 Å². The first-order chi connectivity index (χ1) is 16.5. The minimum atomic E-state index is -2.64. The third-order valence-corrected chi connectivity index (χ3v) is 6.38. The largest absolute Gasteiger partial charge is 0.494 e. The maximum atomic E-state index is 13.7. The maximum Gasteiger partial charge on any atom is 0.265 e. The number of hydroxylamine groups is 1. The van der Waals surface area contributed by atoms with Gasteiger partial charge in [0.2, 0.25) is 0 Å². The van der Waals surface area contributed by atoms with E-state index in [2.05, 4.69) is 10.2 Å². The van der Waals surface area contributed by atoms with Crippen LogP contribution in [-0.4, -0.2) is 45.0 Å². The zero-order chi connectivity index (χ0) is 23.8. The average molecular weight is 487 g/mol. The SMILES string of the molecule is COc1c(N2CCNCC2)cc(ON(C)n2cc(C(F)F)c3cc(Cl)ccc32)c2ccccc12. The number of halogens is 3. The van der Waals surface area contributed by atoms with Gasteiger partial charge in [0, 0.05) is 65.2 Å². The van der Waals surface area contributed by atoms with E-state index in [0.29, 0.717) is 21.7 Å². The molecule has 1 aliphatic heterocycles. The highest BCUT2D eigenvalue weighted by molar-refractivity contribution is 6.31. The molecule has 1 aliphatic rings. The highest BCUT2D eigenvalue weighted by atomic mass is 35.5. The predicted octanol–water partition coefficient (Wildman–Crippen LogP) is 5.37. The summed E-state index contributed by atoms with van der Waals surface area (Å²) >= 11 is 6.08. The van der Waals surface area contributed by atoms with E-state index in [-0.39, 0.29) is 5.56 Å². The van der Waals surface area contributed by atoms with Crippen LogP contribution in [0.2, 0.25) is 5.02 Å². The van der Waals surface area contributed by atoms with Crippen LogP contribution in [0.1, 0.15) is 12.0 Å². The quantitative estimate of drug-likeness (QED) is 0.371. The van der Waals surface area contributed by atoms with Gasteiger partial charge in [0.15, 0.2) is 5.75 Å². The first-order valence-electron chi connectivity index (χ1n) is 11.0. The number of ether oxygens (including phenoxy) is 1. The van der Waals surface area contributed by atoms with Gasteiger partial charge < -0.3 is 19.8 Å².